The molecule has 0 saturated carbocycles. The standard InChI is InChI=1S/C10H20OS2/c1-12-9-7-10(13-2)6-4-3-5-8-11/h8,10H,3-7,9H2,1-2H3. The molecule has 0 aromatic heterocycles. The molecule has 0 fully saturated rings. The molecule has 0 rings (SSSR count). The van der Waals surface area contributed by atoms with Crippen LogP contribution in [0.15, 0.2) is 0 Å². The zero-order chi connectivity index (χ0) is 9.94. The van der Waals surface area contributed by atoms with Crippen LogP contribution in [0.4, 0.5) is 0 Å². The molecule has 0 aliphatic carbocycles. The maximum Gasteiger partial charge on any atom is 0.119 e. The van der Waals surface area contributed by atoms with Gasteiger partial charge < -0.3 is 4.79 Å². The molecular formula is C10H20OS2. The van der Waals surface area contributed by atoms with Gasteiger partial charge in [0.15, 0.2) is 0 Å². The number of carbonyl (C=O) groups excluding carboxylic acids is 1. The highest BCUT2D eigenvalue weighted by atomic mass is 32.2. The number of hydrogen-bond donors (Lipinski definition) is 0. The fourth-order valence-electron chi connectivity index (χ4n) is 1.23. The lowest BCUT2D eigenvalue weighted by Crippen LogP contribution is -2.03. The van der Waals surface area contributed by atoms with Crippen molar-refractivity contribution in [3.63, 3.8) is 0 Å². The van der Waals surface area contributed by atoms with Crippen molar-refractivity contribution in [1.29, 1.82) is 0 Å². The second-order valence-corrected chi connectivity index (χ2v) is 5.21. The Morgan fingerprint density at radius 2 is 2.00 bits per heavy atom. The lowest BCUT2D eigenvalue weighted by molar-refractivity contribution is -0.107. The molecule has 1 unspecified atom stereocenters. The van der Waals surface area contributed by atoms with Gasteiger partial charge >= 0.3 is 0 Å². The van der Waals surface area contributed by atoms with E-state index < -0.39 is 0 Å². The predicted molar refractivity (Wildman–Crippen MR) is 64.8 cm³/mol. The SMILES string of the molecule is CSCCC(CCCCC=O)SC. The van der Waals surface area contributed by atoms with E-state index in [4.69, 9.17) is 0 Å². The maximum atomic E-state index is 10.1. The third kappa shape index (κ3) is 8.69. The summed E-state index contributed by atoms with van der Waals surface area (Å²) in [6.45, 7) is 0. The zero-order valence-electron chi connectivity index (χ0n) is 8.62. The van der Waals surface area contributed by atoms with Crippen LogP contribution >= 0.6 is 23.5 Å². The smallest absolute Gasteiger partial charge is 0.119 e. The van der Waals surface area contributed by atoms with Crippen LogP contribution in [0.25, 0.3) is 0 Å². The Morgan fingerprint density at radius 3 is 2.54 bits per heavy atom. The number of unbranched alkanes of at least 4 members (excludes halogenated alkanes) is 2. The Hall–Kier alpha value is 0.370. The van der Waals surface area contributed by atoms with Gasteiger partial charge in [-0.15, -0.1) is 0 Å². The molecule has 1 atom stereocenters. The average molecular weight is 220 g/mol. The molecule has 0 aliphatic heterocycles. The minimum absolute atomic E-state index is 0.740. The Morgan fingerprint density at radius 1 is 1.23 bits per heavy atom. The quantitative estimate of drug-likeness (QED) is 0.439. The number of aldehydes is 1. The van der Waals surface area contributed by atoms with Gasteiger partial charge in [0.2, 0.25) is 0 Å². The molecule has 0 radical (unpaired) electrons. The number of rotatable bonds is 9. The van der Waals surface area contributed by atoms with Crippen LogP contribution in [0.3, 0.4) is 0 Å². The molecule has 0 N–H and O–H groups in total. The van der Waals surface area contributed by atoms with E-state index in [1.54, 1.807) is 0 Å². The number of thioether (sulfide) groups is 2. The van der Waals surface area contributed by atoms with Crippen molar-refractivity contribution in [3.8, 4) is 0 Å². The number of carbonyl (C=O) groups is 1. The van der Waals surface area contributed by atoms with E-state index in [1.807, 2.05) is 23.5 Å². The summed E-state index contributed by atoms with van der Waals surface area (Å²) in [5, 5.41) is 0.805. The van der Waals surface area contributed by atoms with E-state index >= 15 is 0 Å². The van der Waals surface area contributed by atoms with Gasteiger partial charge in [0.25, 0.3) is 0 Å². The summed E-state index contributed by atoms with van der Waals surface area (Å²) in [7, 11) is 0. The zero-order valence-corrected chi connectivity index (χ0v) is 10.3. The highest BCUT2D eigenvalue weighted by molar-refractivity contribution is 7.99. The second-order valence-electron chi connectivity index (χ2n) is 3.09. The first-order valence-electron chi connectivity index (χ1n) is 4.80. The minimum atomic E-state index is 0.740. The van der Waals surface area contributed by atoms with Crippen LogP contribution < -0.4 is 0 Å². The van der Waals surface area contributed by atoms with Crippen LogP contribution in [0.2, 0.25) is 0 Å². The Labute approximate surface area is 90.4 Å². The molecule has 0 spiro atoms. The fourth-order valence-corrected chi connectivity index (χ4v) is 2.65. The van der Waals surface area contributed by atoms with E-state index in [9.17, 15) is 4.79 Å². The molecule has 0 aliphatic rings. The summed E-state index contributed by atoms with van der Waals surface area (Å²) in [6.07, 6.45) is 11.0. The lowest BCUT2D eigenvalue weighted by Gasteiger charge is -2.12. The van der Waals surface area contributed by atoms with Crippen LogP contribution in [0.5, 0.6) is 0 Å². The van der Waals surface area contributed by atoms with Gasteiger partial charge in [-0.2, -0.15) is 23.5 Å². The van der Waals surface area contributed by atoms with Crippen molar-refractivity contribution in [3.05, 3.63) is 0 Å². The topological polar surface area (TPSA) is 17.1 Å². The first kappa shape index (κ1) is 13.4. The largest absolute Gasteiger partial charge is 0.303 e. The first-order valence-corrected chi connectivity index (χ1v) is 7.48. The highest BCUT2D eigenvalue weighted by Crippen LogP contribution is 2.19. The van der Waals surface area contributed by atoms with E-state index in [0.29, 0.717) is 0 Å². The van der Waals surface area contributed by atoms with Crippen LogP contribution in [0.1, 0.15) is 32.1 Å². The molecule has 0 aromatic carbocycles. The molecule has 13 heavy (non-hydrogen) atoms. The number of hydrogen-bond acceptors (Lipinski definition) is 3. The van der Waals surface area contributed by atoms with Crippen LogP contribution in [-0.4, -0.2) is 29.8 Å². The third-order valence-electron chi connectivity index (χ3n) is 2.08. The second kappa shape index (κ2) is 10.5. The van der Waals surface area contributed by atoms with Crippen LogP contribution in [0, 0.1) is 0 Å². The lowest BCUT2D eigenvalue weighted by atomic mass is 10.1. The van der Waals surface area contributed by atoms with Crippen LogP contribution in [-0.2, 0) is 4.79 Å². The first-order chi connectivity index (χ1) is 6.35. The van der Waals surface area contributed by atoms with Crippen molar-refractivity contribution in [1.82, 2.24) is 0 Å². The summed E-state index contributed by atoms with van der Waals surface area (Å²) in [5.41, 5.74) is 0. The molecule has 78 valence electrons. The molecule has 0 bridgehead atoms. The van der Waals surface area contributed by atoms with Crippen molar-refractivity contribution in [2.24, 2.45) is 0 Å². The average Bonchev–Trinajstić information content (AvgIpc) is 2.17. The molecule has 0 saturated heterocycles. The summed E-state index contributed by atoms with van der Waals surface area (Å²) in [6, 6.07) is 0. The third-order valence-corrected chi connectivity index (χ3v) is 3.86. The van der Waals surface area contributed by atoms with Crippen molar-refractivity contribution in [2.75, 3.05) is 18.3 Å². The van der Waals surface area contributed by atoms with E-state index in [1.165, 1.54) is 25.0 Å². The van der Waals surface area contributed by atoms with Gasteiger partial charge in [-0.05, 0) is 37.5 Å². The van der Waals surface area contributed by atoms with Gasteiger partial charge in [0.05, 0.1) is 0 Å². The Kier molecular flexibility index (Phi) is 10.7. The van der Waals surface area contributed by atoms with Crippen molar-refractivity contribution in [2.45, 2.75) is 37.4 Å². The van der Waals surface area contributed by atoms with Gasteiger partial charge in [0.1, 0.15) is 6.29 Å². The molecule has 0 aromatic rings. The van der Waals surface area contributed by atoms with Crippen molar-refractivity contribution < 1.29 is 4.79 Å². The normalized spacial score (nSPS) is 12.8. The maximum absolute atomic E-state index is 10.1. The fraction of sp³-hybridized carbons (Fsp3) is 0.900. The van der Waals surface area contributed by atoms with Gasteiger partial charge in [-0.3, -0.25) is 0 Å². The summed E-state index contributed by atoms with van der Waals surface area (Å²) < 4.78 is 0. The summed E-state index contributed by atoms with van der Waals surface area (Å²) in [4.78, 5) is 10.1. The Bertz CT molecular complexity index is 117. The molecule has 3 heteroatoms. The summed E-state index contributed by atoms with van der Waals surface area (Å²) in [5.74, 6) is 1.26. The minimum Gasteiger partial charge on any atom is -0.303 e. The van der Waals surface area contributed by atoms with Gasteiger partial charge in [-0.25, -0.2) is 0 Å². The molecule has 1 nitrogen and oxygen atoms in total. The highest BCUT2D eigenvalue weighted by Gasteiger charge is 2.05. The summed E-state index contributed by atoms with van der Waals surface area (Å²) >= 11 is 3.89. The van der Waals surface area contributed by atoms with E-state index in [2.05, 4.69) is 12.5 Å². The van der Waals surface area contributed by atoms with E-state index in [-0.39, 0.29) is 0 Å². The van der Waals surface area contributed by atoms with Crippen molar-refractivity contribution >= 4 is 29.8 Å². The molecule has 0 heterocycles. The molecular weight excluding hydrogens is 200 g/mol. The predicted octanol–water partition coefficient (Wildman–Crippen LogP) is 3.23. The Balaban J connectivity index is 3.30. The van der Waals surface area contributed by atoms with E-state index in [0.717, 1.165) is 24.4 Å². The monoisotopic (exact) mass is 220 g/mol. The molecule has 0 amide bonds. The van der Waals surface area contributed by atoms with Gasteiger partial charge in [0, 0.05) is 11.7 Å². The van der Waals surface area contributed by atoms with Gasteiger partial charge in [-0.1, -0.05) is 6.42 Å².